The van der Waals surface area contributed by atoms with Gasteiger partial charge in [0, 0.05) is 0 Å². The third-order valence-corrected chi connectivity index (χ3v) is 28.3. The van der Waals surface area contributed by atoms with Crippen LogP contribution in [0, 0.1) is 0 Å². The van der Waals surface area contributed by atoms with Gasteiger partial charge in [0.2, 0.25) is 0 Å². The fourth-order valence-corrected chi connectivity index (χ4v) is 22.2. The second-order valence-electron chi connectivity index (χ2n) is 11.0. The van der Waals surface area contributed by atoms with Crippen LogP contribution in [-0.2, 0) is 4.43 Å². The van der Waals surface area contributed by atoms with Crippen LogP contribution in [-0.4, -0.2) is 33.3 Å². The number of unbranched alkanes of at least 4 members (excludes halogenated alkanes) is 3. The van der Waals surface area contributed by atoms with Crippen LogP contribution in [0.1, 0.15) is 92.1 Å². The van der Waals surface area contributed by atoms with E-state index >= 15 is 0 Å². The molecule has 0 aliphatic carbocycles. The Morgan fingerprint density at radius 3 is 1.77 bits per heavy atom. The maximum absolute atomic E-state index is 6.70. The van der Waals surface area contributed by atoms with Gasteiger partial charge >= 0.3 is 201 Å². The Morgan fingerprint density at radius 1 is 0.871 bits per heavy atom. The molecule has 0 amide bonds. The van der Waals surface area contributed by atoms with Crippen LogP contribution in [0.2, 0.25) is 31.4 Å². The van der Waals surface area contributed by atoms with Gasteiger partial charge in [-0.1, -0.05) is 0 Å². The Hall–Kier alpha value is -0.0644. The van der Waals surface area contributed by atoms with Crippen molar-refractivity contribution < 1.29 is 4.43 Å². The van der Waals surface area contributed by atoms with Crippen LogP contribution in [0.4, 0.5) is 0 Å². The molecule has 0 heterocycles. The van der Waals surface area contributed by atoms with Gasteiger partial charge in [-0.05, 0) is 0 Å². The summed E-state index contributed by atoms with van der Waals surface area (Å²) in [4.78, 5) is 0. The molecule has 0 bridgehead atoms. The summed E-state index contributed by atoms with van der Waals surface area (Å²) in [5.41, 5.74) is 1.40. The summed E-state index contributed by atoms with van der Waals surface area (Å²) < 4.78 is 13.2. The van der Waals surface area contributed by atoms with Gasteiger partial charge < -0.3 is 0 Å². The van der Waals surface area contributed by atoms with Crippen molar-refractivity contribution in [2.24, 2.45) is 0 Å². The van der Waals surface area contributed by atoms with Gasteiger partial charge in [0.1, 0.15) is 0 Å². The maximum atomic E-state index is 6.70. The van der Waals surface area contributed by atoms with Crippen molar-refractivity contribution in [3.63, 3.8) is 0 Å². The second kappa shape index (κ2) is 14.3. The van der Waals surface area contributed by atoms with E-state index in [1.54, 1.807) is 0 Å². The quantitative estimate of drug-likeness (QED) is 0.197. The topological polar surface area (TPSA) is 9.23 Å². The molecule has 0 radical (unpaired) electrons. The minimum absolute atomic E-state index is 0.281. The molecule has 0 aromatic heterocycles. The van der Waals surface area contributed by atoms with Crippen LogP contribution < -0.4 is 0 Å². The predicted molar refractivity (Wildman–Crippen MR) is 147 cm³/mol. The fraction of sp³-hybridized carbons (Fsp3) is 0.714. The molecule has 0 spiro atoms. The normalized spacial score (nSPS) is 13.6. The van der Waals surface area contributed by atoms with E-state index in [0.29, 0.717) is 0 Å². The van der Waals surface area contributed by atoms with Crippen molar-refractivity contribution in [1.29, 1.82) is 0 Å². The zero-order valence-corrected chi connectivity index (χ0v) is 26.0. The number of hydrogen-bond donors (Lipinski definition) is 0. The van der Waals surface area contributed by atoms with Crippen molar-refractivity contribution in [2.45, 2.75) is 118 Å². The molecule has 0 atom stereocenters. The molecular weight excluding hydrogens is 499 g/mol. The first-order valence-corrected chi connectivity index (χ1v) is 23.4. The summed E-state index contributed by atoms with van der Waals surface area (Å²) in [6.07, 6.45) is 12.0. The molecule has 1 aromatic rings. The van der Waals surface area contributed by atoms with E-state index in [9.17, 15) is 0 Å². The van der Waals surface area contributed by atoms with Crippen LogP contribution in [0.3, 0.4) is 0 Å². The molecule has 0 aliphatic rings. The van der Waals surface area contributed by atoms with Crippen LogP contribution in [0.5, 0.6) is 0 Å². The SMILES string of the molecule is CCC[CH2][Sn]([CH2]CCC)([CH2]CCC)/[C](=C\c1ccccc1)CCO[Si](C)(C)C(C)(C)C. The average Bonchev–Trinajstić information content (AvgIpc) is 2.73. The van der Waals surface area contributed by atoms with Gasteiger partial charge in [-0.25, -0.2) is 0 Å². The molecule has 0 unspecified atom stereocenters. The van der Waals surface area contributed by atoms with Gasteiger partial charge in [-0.3, -0.25) is 0 Å². The van der Waals surface area contributed by atoms with Gasteiger partial charge in [-0.15, -0.1) is 0 Å². The molecule has 0 fully saturated rings. The Morgan fingerprint density at radius 2 is 1.35 bits per heavy atom. The van der Waals surface area contributed by atoms with Crippen molar-refractivity contribution >= 4 is 32.8 Å². The molecule has 1 rings (SSSR count). The van der Waals surface area contributed by atoms with Crippen LogP contribution in [0.25, 0.3) is 6.08 Å². The Kier molecular flexibility index (Phi) is 13.3. The monoisotopic (exact) mass is 552 g/mol. The first kappa shape index (κ1) is 29.0. The summed E-state index contributed by atoms with van der Waals surface area (Å²) in [6.45, 7) is 19.9. The molecule has 1 aromatic carbocycles. The van der Waals surface area contributed by atoms with Crippen LogP contribution in [0.15, 0.2) is 33.9 Å². The standard InChI is InChI=1S/C16H25OSi.3C4H9.Sn/c1-16(2,3)18(4,5)17-14-10-9-13-15-11-7-6-8-12-15;3*1-3-4-2;/h6-8,11-13H,10,14H2,1-5H3;3*1,3-4H2,2H3;. The van der Waals surface area contributed by atoms with Gasteiger partial charge in [0.25, 0.3) is 0 Å². The molecule has 0 saturated carbocycles. The molecule has 31 heavy (non-hydrogen) atoms. The molecule has 0 saturated heterocycles. The molecule has 0 N–H and O–H groups in total. The summed E-state index contributed by atoms with van der Waals surface area (Å²) in [7, 11) is -1.70. The Labute approximate surface area is 200 Å². The first-order valence-electron chi connectivity index (χ1n) is 13.0. The van der Waals surface area contributed by atoms with E-state index in [4.69, 9.17) is 4.43 Å². The van der Waals surface area contributed by atoms with Crippen molar-refractivity contribution in [2.75, 3.05) is 6.61 Å². The van der Waals surface area contributed by atoms with E-state index in [1.807, 2.05) is 3.59 Å². The second-order valence-corrected chi connectivity index (χ2v) is 29.3. The number of benzene rings is 1. The van der Waals surface area contributed by atoms with E-state index in [-0.39, 0.29) is 5.04 Å². The van der Waals surface area contributed by atoms with E-state index < -0.39 is 26.7 Å². The van der Waals surface area contributed by atoms with Gasteiger partial charge in [0.15, 0.2) is 0 Å². The van der Waals surface area contributed by atoms with Gasteiger partial charge in [-0.2, -0.15) is 0 Å². The number of hydrogen-bond acceptors (Lipinski definition) is 1. The zero-order valence-electron chi connectivity index (χ0n) is 22.2. The van der Waals surface area contributed by atoms with E-state index in [0.717, 1.165) is 13.0 Å². The minimum atomic E-state index is -2.46. The number of rotatable bonds is 15. The van der Waals surface area contributed by atoms with Crippen molar-refractivity contribution in [1.82, 2.24) is 0 Å². The predicted octanol–water partition coefficient (Wildman–Crippen LogP) is 9.87. The Balaban J connectivity index is 3.28. The first-order chi connectivity index (χ1) is 14.6. The van der Waals surface area contributed by atoms with E-state index in [1.165, 1.54) is 57.4 Å². The third kappa shape index (κ3) is 9.76. The molecule has 3 heteroatoms. The summed E-state index contributed by atoms with van der Waals surface area (Å²) in [5.74, 6) is 0. The van der Waals surface area contributed by atoms with E-state index in [2.05, 4.69) is 91.0 Å². The van der Waals surface area contributed by atoms with Crippen LogP contribution >= 0.6 is 0 Å². The van der Waals surface area contributed by atoms with Crippen molar-refractivity contribution in [3.8, 4) is 0 Å². The third-order valence-electron chi connectivity index (χ3n) is 7.49. The molecule has 0 aliphatic heterocycles. The Bertz CT molecular complexity index is 608. The van der Waals surface area contributed by atoms with Gasteiger partial charge in [0.05, 0.1) is 0 Å². The molecular formula is C28H52OSiSn. The summed E-state index contributed by atoms with van der Waals surface area (Å²) >= 11 is -2.46. The fourth-order valence-electron chi connectivity index (χ4n) is 4.28. The average molecular weight is 552 g/mol. The summed E-state index contributed by atoms with van der Waals surface area (Å²) in [5, 5.41) is 0.281. The summed E-state index contributed by atoms with van der Waals surface area (Å²) in [6, 6.07) is 11.1. The molecule has 178 valence electrons. The molecule has 1 nitrogen and oxygen atoms in total. The zero-order chi connectivity index (χ0) is 23.4. The van der Waals surface area contributed by atoms with Crippen molar-refractivity contribution in [3.05, 3.63) is 39.5 Å².